The van der Waals surface area contributed by atoms with E-state index in [1.807, 2.05) is 24.3 Å². The van der Waals surface area contributed by atoms with E-state index in [1.54, 1.807) is 5.01 Å². The molecule has 0 fully saturated rings. The van der Waals surface area contributed by atoms with Crippen molar-refractivity contribution in [1.29, 1.82) is 0 Å². The molecule has 1 aromatic rings. The number of nitrogens with zero attached hydrogens (tertiary/aromatic N) is 2. The van der Waals surface area contributed by atoms with E-state index in [0.717, 1.165) is 10.2 Å². The minimum Gasteiger partial charge on any atom is -0.459 e. The molecule has 0 radical (unpaired) electrons. The number of para-hydroxylation sites is 1. The second-order valence-electron chi connectivity index (χ2n) is 2.37. The molecule has 12 heavy (non-hydrogen) atoms. The first kappa shape index (κ1) is 7.61. The molecule has 62 valence electrons. The van der Waals surface area contributed by atoms with Crippen LogP contribution < -0.4 is 5.01 Å². The van der Waals surface area contributed by atoms with Gasteiger partial charge in [0, 0.05) is 4.47 Å². The monoisotopic (exact) mass is 226 g/mol. The predicted octanol–water partition coefficient (Wildman–Crippen LogP) is 2.19. The molecule has 0 bridgehead atoms. The summed E-state index contributed by atoms with van der Waals surface area (Å²) in [5, 5.41) is 5.80. The minimum atomic E-state index is 0.489. The zero-order valence-corrected chi connectivity index (χ0v) is 7.86. The van der Waals surface area contributed by atoms with Crippen LogP contribution in [0, 0.1) is 0 Å². The molecule has 0 spiro atoms. The summed E-state index contributed by atoms with van der Waals surface area (Å²) >= 11 is 3.44. The van der Waals surface area contributed by atoms with E-state index in [0.29, 0.717) is 6.73 Å². The van der Waals surface area contributed by atoms with Gasteiger partial charge in [-0.15, -0.1) is 5.10 Å². The van der Waals surface area contributed by atoms with Gasteiger partial charge >= 0.3 is 0 Å². The van der Waals surface area contributed by atoms with Crippen LogP contribution >= 0.6 is 15.9 Å². The van der Waals surface area contributed by atoms with Crippen LogP contribution in [-0.2, 0) is 4.74 Å². The SMILES string of the molecule is Brc1ccccc1N1COC=N1. The summed E-state index contributed by atoms with van der Waals surface area (Å²) in [4.78, 5) is 0. The molecule has 2 rings (SSSR count). The molecule has 0 atom stereocenters. The van der Waals surface area contributed by atoms with Gasteiger partial charge in [0.15, 0.2) is 13.1 Å². The lowest BCUT2D eigenvalue weighted by atomic mass is 10.3. The molecule has 1 aliphatic heterocycles. The van der Waals surface area contributed by atoms with Gasteiger partial charge in [-0.25, -0.2) is 5.01 Å². The van der Waals surface area contributed by atoms with Gasteiger partial charge < -0.3 is 4.74 Å². The van der Waals surface area contributed by atoms with Crippen molar-refractivity contribution < 1.29 is 4.74 Å². The second kappa shape index (κ2) is 3.15. The maximum Gasteiger partial charge on any atom is 0.195 e. The molecule has 0 aromatic heterocycles. The largest absolute Gasteiger partial charge is 0.459 e. The number of hydrazone groups is 1. The lowest BCUT2D eigenvalue weighted by Gasteiger charge is -2.12. The van der Waals surface area contributed by atoms with Crippen molar-refractivity contribution in [3.8, 4) is 0 Å². The van der Waals surface area contributed by atoms with Crippen LogP contribution in [0.25, 0.3) is 0 Å². The highest BCUT2D eigenvalue weighted by molar-refractivity contribution is 9.10. The molecule has 1 aromatic carbocycles. The van der Waals surface area contributed by atoms with Gasteiger partial charge in [-0.05, 0) is 28.1 Å². The van der Waals surface area contributed by atoms with Crippen molar-refractivity contribution >= 4 is 28.0 Å². The fourth-order valence-electron chi connectivity index (χ4n) is 1.02. The van der Waals surface area contributed by atoms with E-state index in [1.165, 1.54) is 6.40 Å². The smallest absolute Gasteiger partial charge is 0.195 e. The van der Waals surface area contributed by atoms with Crippen molar-refractivity contribution in [1.82, 2.24) is 0 Å². The van der Waals surface area contributed by atoms with Gasteiger partial charge in [0.05, 0.1) is 5.69 Å². The first-order valence-corrected chi connectivity index (χ1v) is 4.33. The molecule has 0 saturated carbocycles. The Hall–Kier alpha value is -1.03. The third kappa shape index (κ3) is 1.30. The van der Waals surface area contributed by atoms with E-state index in [4.69, 9.17) is 4.74 Å². The average Bonchev–Trinajstić information content (AvgIpc) is 2.57. The second-order valence-corrected chi connectivity index (χ2v) is 3.22. The fourth-order valence-corrected chi connectivity index (χ4v) is 1.51. The quantitative estimate of drug-likeness (QED) is 0.734. The van der Waals surface area contributed by atoms with Crippen molar-refractivity contribution in [2.24, 2.45) is 5.10 Å². The maximum atomic E-state index is 4.98. The Kier molecular flexibility index (Phi) is 1.99. The first-order valence-electron chi connectivity index (χ1n) is 3.54. The standard InChI is InChI=1S/C8H7BrN2O/c9-7-3-1-2-4-8(7)11-6-12-5-10-11/h1-5H,6H2. The molecule has 0 N–H and O–H groups in total. The third-order valence-corrected chi connectivity index (χ3v) is 2.26. The summed E-state index contributed by atoms with van der Waals surface area (Å²) in [5.74, 6) is 0. The number of benzene rings is 1. The van der Waals surface area contributed by atoms with Crippen molar-refractivity contribution in [2.75, 3.05) is 11.7 Å². The molecule has 1 aliphatic rings. The van der Waals surface area contributed by atoms with Gasteiger partial charge in [-0.2, -0.15) is 0 Å². The van der Waals surface area contributed by atoms with Crippen molar-refractivity contribution in [3.63, 3.8) is 0 Å². The summed E-state index contributed by atoms with van der Waals surface area (Å²) in [7, 11) is 0. The van der Waals surface area contributed by atoms with E-state index < -0.39 is 0 Å². The van der Waals surface area contributed by atoms with Crippen LogP contribution in [0.5, 0.6) is 0 Å². The number of hydrogen-bond donors (Lipinski definition) is 0. The van der Waals surface area contributed by atoms with Crippen LogP contribution in [0.15, 0.2) is 33.8 Å². The Morgan fingerprint density at radius 1 is 1.42 bits per heavy atom. The normalized spacial score (nSPS) is 14.9. The van der Waals surface area contributed by atoms with Crippen LogP contribution in [-0.4, -0.2) is 13.1 Å². The summed E-state index contributed by atoms with van der Waals surface area (Å²) in [6, 6.07) is 7.89. The number of anilines is 1. The van der Waals surface area contributed by atoms with E-state index >= 15 is 0 Å². The van der Waals surface area contributed by atoms with E-state index in [-0.39, 0.29) is 0 Å². The molecule has 0 unspecified atom stereocenters. The van der Waals surface area contributed by atoms with E-state index in [2.05, 4.69) is 21.0 Å². The highest BCUT2D eigenvalue weighted by Gasteiger charge is 2.11. The van der Waals surface area contributed by atoms with Gasteiger partial charge in [-0.1, -0.05) is 12.1 Å². The molecule has 1 heterocycles. The highest BCUT2D eigenvalue weighted by Crippen LogP contribution is 2.26. The first-order chi connectivity index (χ1) is 5.88. The Bertz CT molecular complexity index is 314. The zero-order chi connectivity index (χ0) is 8.39. The number of ether oxygens (including phenoxy) is 1. The molecule has 0 saturated heterocycles. The Morgan fingerprint density at radius 3 is 2.92 bits per heavy atom. The van der Waals surface area contributed by atoms with Gasteiger partial charge in [0.1, 0.15) is 0 Å². The average molecular weight is 227 g/mol. The predicted molar refractivity (Wildman–Crippen MR) is 51.1 cm³/mol. The molecule has 4 heteroatoms. The number of hydrogen-bond acceptors (Lipinski definition) is 3. The third-order valence-electron chi connectivity index (χ3n) is 1.59. The topological polar surface area (TPSA) is 24.8 Å². The summed E-state index contributed by atoms with van der Waals surface area (Å²) < 4.78 is 6.00. The number of rotatable bonds is 1. The molecular weight excluding hydrogens is 220 g/mol. The molecule has 0 amide bonds. The fraction of sp³-hybridized carbons (Fsp3) is 0.125. The van der Waals surface area contributed by atoms with Gasteiger partial charge in [0.2, 0.25) is 0 Å². The molecular formula is C8H7BrN2O. The van der Waals surface area contributed by atoms with E-state index in [9.17, 15) is 0 Å². The molecule has 3 nitrogen and oxygen atoms in total. The minimum absolute atomic E-state index is 0.489. The van der Waals surface area contributed by atoms with Gasteiger partial charge in [0.25, 0.3) is 0 Å². The number of halogens is 1. The Balaban J connectivity index is 2.33. The highest BCUT2D eigenvalue weighted by atomic mass is 79.9. The van der Waals surface area contributed by atoms with Crippen molar-refractivity contribution in [3.05, 3.63) is 28.7 Å². The summed E-state index contributed by atoms with van der Waals surface area (Å²) in [5.41, 5.74) is 1.02. The van der Waals surface area contributed by atoms with Crippen LogP contribution in [0.2, 0.25) is 0 Å². The van der Waals surface area contributed by atoms with Gasteiger partial charge in [-0.3, -0.25) is 0 Å². The molecule has 0 aliphatic carbocycles. The summed E-state index contributed by atoms with van der Waals surface area (Å²) in [6.07, 6.45) is 1.44. The van der Waals surface area contributed by atoms with Crippen molar-refractivity contribution in [2.45, 2.75) is 0 Å². The van der Waals surface area contributed by atoms with Crippen LogP contribution in [0.1, 0.15) is 0 Å². The van der Waals surface area contributed by atoms with Crippen LogP contribution in [0.3, 0.4) is 0 Å². The Labute approximate surface area is 78.8 Å². The zero-order valence-electron chi connectivity index (χ0n) is 6.27. The lowest BCUT2D eigenvalue weighted by Crippen LogP contribution is -2.12. The lowest BCUT2D eigenvalue weighted by molar-refractivity contribution is 0.350. The maximum absolute atomic E-state index is 4.98. The summed E-state index contributed by atoms with van der Waals surface area (Å²) in [6.45, 7) is 0.489. The Morgan fingerprint density at radius 2 is 2.25 bits per heavy atom. The van der Waals surface area contributed by atoms with Crippen LogP contribution in [0.4, 0.5) is 5.69 Å².